The Morgan fingerprint density at radius 1 is 1.28 bits per heavy atom. The fraction of sp³-hybridized carbons (Fsp3) is 0.467. The lowest BCUT2D eigenvalue weighted by Crippen LogP contribution is -2.46. The number of rotatable bonds is 2. The molecule has 0 saturated carbocycles. The van der Waals surface area contributed by atoms with Crippen LogP contribution in [0.15, 0.2) is 41.4 Å². The van der Waals surface area contributed by atoms with E-state index in [-0.39, 0.29) is 11.5 Å². The molecule has 2 nitrogen and oxygen atoms in total. The highest BCUT2D eigenvalue weighted by Gasteiger charge is 2.43. The molecule has 0 N–H and O–H groups in total. The summed E-state index contributed by atoms with van der Waals surface area (Å²) in [5.74, 6) is -0.555. The molecule has 0 spiro atoms. The molecular weight excluding hydrogens is 292 g/mol. The van der Waals surface area contributed by atoms with Crippen LogP contribution in [0.1, 0.15) is 32.4 Å². The Morgan fingerprint density at radius 2 is 1.89 bits per heavy atom. The van der Waals surface area contributed by atoms with Gasteiger partial charge >= 0.3 is 0 Å². The van der Waals surface area contributed by atoms with Gasteiger partial charge in [-0.3, -0.25) is 0 Å². The largest absolute Gasteiger partial charge is 0.349 e. The fourth-order valence-electron chi connectivity index (χ4n) is 2.11. The van der Waals surface area contributed by atoms with Crippen LogP contribution in [0.25, 0.3) is 0 Å². The SMILES string of the molecule is C=C[C@@]1(C)COC(C)(C)O[C@H]1c1ccc(Br)cc1. The van der Waals surface area contributed by atoms with Crippen LogP contribution in [0.2, 0.25) is 0 Å². The van der Waals surface area contributed by atoms with E-state index in [2.05, 4.69) is 41.6 Å². The molecule has 1 aliphatic rings. The molecule has 18 heavy (non-hydrogen) atoms. The Labute approximate surface area is 117 Å². The first-order chi connectivity index (χ1) is 8.36. The second kappa shape index (κ2) is 4.80. The van der Waals surface area contributed by atoms with E-state index in [1.54, 1.807) is 0 Å². The van der Waals surface area contributed by atoms with Crippen molar-refractivity contribution in [2.75, 3.05) is 6.61 Å². The van der Waals surface area contributed by atoms with Crippen LogP contribution in [0.5, 0.6) is 0 Å². The average molecular weight is 311 g/mol. The van der Waals surface area contributed by atoms with Gasteiger partial charge in [-0.1, -0.05) is 41.1 Å². The molecule has 1 saturated heterocycles. The molecule has 0 aromatic heterocycles. The standard InChI is InChI=1S/C15H19BrO2/c1-5-15(4)10-17-14(2,3)18-13(15)11-6-8-12(16)9-7-11/h5-9,13H,1,10H2,2-4H3/t13-,15-/m0/s1. The van der Waals surface area contributed by atoms with E-state index >= 15 is 0 Å². The van der Waals surface area contributed by atoms with E-state index in [1.165, 1.54) is 0 Å². The van der Waals surface area contributed by atoms with Crippen LogP contribution in [0.4, 0.5) is 0 Å². The number of halogens is 1. The van der Waals surface area contributed by atoms with Crippen LogP contribution in [-0.4, -0.2) is 12.4 Å². The van der Waals surface area contributed by atoms with Crippen molar-refractivity contribution in [1.82, 2.24) is 0 Å². The second-order valence-corrected chi connectivity index (χ2v) is 6.36. The van der Waals surface area contributed by atoms with Gasteiger partial charge in [0, 0.05) is 9.89 Å². The highest BCUT2D eigenvalue weighted by Crippen LogP contribution is 2.45. The van der Waals surface area contributed by atoms with Gasteiger partial charge in [-0.05, 0) is 31.5 Å². The minimum atomic E-state index is -0.555. The topological polar surface area (TPSA) is 18.5 Å². The molecule has 2 rings (SSSR count). The Hall–Kier alpha value is -0.640. The zero-order valence-corrected chi connectivity index (χ0v) is 12.7. The zero-order valence-electron chi connectivity index (χ0n) is 11.1. The van der Waals surface area contributed by atoms with Gasteiger partial charge in [0.2, 0.25) is 0 Å². The maximum Gasteiger partial charge on any atom is 0.163 e. The van der Waals surface area contributed by atoms with Crippen LogP contribution in [0.3, 0.4) is 0 Å². The Bertz CT molecular complexity index is 438. The van der Waals surface area contributed by atoms with E-state index in [1.807, 2.05) is 32.1 Å². The summed E-state index contributed by atoms with van der Waals surface area (Å²) in [6, 6.07) is 8.23. The maximum atomic E-state index is 6.10. The first kappa shape index (κ1) is 13.8. The molecule has 2 atom stereocenters. The zero-order chi connectivity index (χ0) is 13.4. The molecule has 0 amide bonds. The van der Waals surface area contributed by atoms with E-state index in [4.69, 9.17) is 9.47 Å². The number of hydrogen-bond acceptors (Lipinski definition) is 2. The van der Waals surface area contributed by atoms with Crippen LogP contribution in [-0.2, 0) is 9.47 Å². The summed E-state index contributed by atoms with van der Waals surface area (Å²) in [7, 11) is 0. The van der Waals surface area contributed by atoms with Crippen molar-refractivity contribution in [2.24, 2.45) is 5.41 Å². The number of benzene rings is 1. The first-order valence-electron chi connectivity index (χ1n) is 6.07. The average Bonchev–Trinajstić information content (AvgIpc) is 2.34. The lowest BCUT2D eigenvalue weighted by atomic mass is 9.80. The predicted molar refractivity (Wildman–Crippen MR) is 76.3 cm³/mol. The van der Waals surface area contributed by atoms with Gasteiger partial charge < -0.3 is 9.47 Å². The number of ether oxygens (including phenoxy) is 2. The van der Waals surface area contributed by atoms with E-state index in [0.717, 1.165) is 10.0 Å². The van der Waals surface area contributed by atoms with Crippen LogP contribution >= 0.6 is 15.9 Å². The first-order valence-corrected chi connectivity index (χ1v) is 6.86. The molecular formula is C15H19BrO2. The summed E-state index contributed by atoms with van der Waals surface area (Å²) < 4.78 is 12.9. The summed E-state index contributed by atoms with van der Waals surface area (Å²) in [4.78, 5) is 0. The quantitative estimate of drug-likeness (QED) is 0.751. The molecule has 98 valence electrons. The van der Waals surface area contributed by atoms with Crippen molar-refractivity contribution in [3.05, 3.63) is 47.0 Å². The molecule has 3 heteroatoms. The summed E-state index contributed by atoms with van der Waals surface area (Å²) in [6.07, 6.45) is 1.89. The molecule has 0 bridgehead atoms. The van der Waals surface area contributed by atoms with Gasteiger partial charge in [-0.25, -0.2) is 0 Å². The smallest absolute Gasteiger partial charge is 0.163 e. The lowest BCUT2D eigenvalue weighted by Gasteiger charge is -2.46. The molecule has 0 aliphatic carbocycles. The van der Waals surface area contributed by atoms with Gasteiger partial charge in [0.05, 0.1) is 12.7 Å². The van der Waals surface area contributed by atoms with Gasteiger partial charge in [0.1, 0.15) is 0 Å². The Morgan fingerprint density at radius 3 is 2.44 bits per heavy atom. The molecule has 1 fully saturated rings. The third-order valence-electron chi connectivity index (χ3n) is 3.37. The molecule has 1 aromatic carbocycles. The summed E-state index contributed by atoms with van der Waals surface area (Å²) in [5, 5.41) is 0. The van der Waals surface area contributed by atoms with Gasteiger partial charge in [-0.2, -0.15) is 0 Å². The molecule has 0 unspecified atom stereocenters. The molecule has 1 aromatic rings. The van der Waals surface area contributed by atoms with Crippen molar-refractivity contribution in [1.29, 1.82) is 0 Å². The summed E-state index contributed by atoms with van der Waals surface area (Å²) in [6.45, 7) is 10.5. The predicted octanol–water partition coefficient (Wildman–Crippen LogP) is 4.47. The third kappa shape index (κ3) is 2.68. The van der Waals surface area contributed by atoms with Gasteiger partial charge in [0.25, 0.3) is 0 Å². The van der Waals surface area contributed by atoms with Crippen LogP contribution in [0, 0.1) is 5.41 Å². The third-order valence-corrected chi connectivity index (χ3v) is 3.90. The van der Waals surface area contributed by atoms with Crippen molar-refractivity contribution < 1.29 is 9.47 Å². The fourth-order valence-corrected chi connectivity index (χ4v) is 2.37. The van der Waals surface area contributed by atoms with Crippen LogP contribution < -0.4 is 0 Å². The summed E-state index contributed by atoms with van der Waals surface area (Å²) >= 11 is 3.45. The summed E-state index contributed by atoms with van der Waals surface area (Å²) in [5.41, 5.74) is 0.945. The van der Waals surface area contributed by atoms with E-state index < -0.39 is 5.79 Å². The highest BCUT2D eigenvalue weighted by molar-refractivity contribution is 9.10. The minimum Gasteiger partial charge on any atom is -0.349 e. The van der Waals surface area contributed by atoms with Crippen molar-refractivity contribution in [3.8, 4) is 0 Å². The van der Waals surface area contributed by atoms with Crippen molar-refractivity contribution >= 4 is 15.9 Å². The molecule has 0 radical (unpaired) electrons. The number of hydrogen-bond donors (Lipinski definition) is 0. The molecule has 1 aliphatic heterocycles. The Kier molecular flexibility index (Phi) is 3.67. The molecule has 1 heterocycles. The lowest BCUT2D eigenvalue weighted by molar-refractivity contribution is -0.309. The monoisotopic (exact) mass is 310 g/mol. The van der Waals surface area contributed by atoms with Gasteiger partial charge in [0.15, 0.2) is 5.79 Å². The van der Waals surface area contributed by atoms with E-state index in [9.17, 15) is 0 Å². The van der Waals surface area contributed by atoms with E-state index in [0.29, 0.717) is 6.61 Å². The normalized spacial score (nSPS) is 31.0. The minimum absolute atomic E-state index is 0.0353. The van der Waals surface area contributed by atoms with Crippen molar-refractivity contribution in [2.45, 2.75) is 32.7 Å². The maximum absolute atomic E-state index is 6.10. The highest BCUT2D eigenvalue weighted by atomic mass is 79.9. The second-order valence-electron chi connectivity index (χ2n) is 5.45. The van der Waals surface area contributed by atoms with Gasteiger partial charge in [-0.15, -0.1) is 6.58 Å². The van der Waals surface area contributed by atoms with Crippen molar-refractivity contribution in [3.63, 3.8) is 0 Å². The Balaban J connectivity index is 2.36.